The lowest BCUT2D eigenvalue weighted by molar-refractivity contribution is 0.107. The number of para-hydroxylation sites is 1. The van der Waals surface area contributed by atoms with Crippen LogP contribution in [0, 0.1) is 5.41 Å². The molecule has 0 radical (unpaired) electrons. The molecule has 5 heteroatoms. The maximum Gasteiger partial charge on any atom is 0.150 e. The van der Waals surface area contributed by atoms with Crippen LogP contribution in [0.2, 0.25) is 0 Å². The van der Waals surface area contributed by atoms with E-state index in [1.807, 2.05) is 82.3 Å². The highest BCUT2D eigenvalue weighted by molar-refractivity contribution is 5.86. The summed E-state index contributed by atoms with van der Waals surface area (Å²) in [7, 11) is 0. The van der Waals surface area contributed by atoms with Crippen molar-refractivity contribution < 1.29 is 9.84 Å². The predicted octanol–water partition coefficient (Wildman–Crippen LogP) is 4.20. The third-order valence-electron chi connectivity index (χ3n) is 4.22. The number of aliphatic hydroxyl groups is 1. The second-order valence-electron chi connectivity index (χ2n) is 7.27. The summed E-state index contributed by atoms with van der Waals surface area (Å²) in [5.41, 5.74) is 2.69. The van der Waals surface area contributed by atoms with Crippen molar-refractivity contribution in [3.05, 3.63) is 60.2 Å². The molecule has 26 heavy (non-hydrogen) atoms. The number of benzene rings is 2. The van der Waals surface area contributed by atoms with Gasteiger partial charge in [-0.25, -0.2) is 4.68 Å². The molecule has 3 rings (SSSR count). The summed E-state index contributed by atoms with van der Waals surface area (Å²) in [6.07, 6.45) is -0.797. The van der Waals surface area contributed by atoms with Crippen LogP contribution in [-0.2, 0) is 4.74 Å². The number of rotatable bonds is 5. The highest BCUT2D eigenvalue weighted by Gasteiger charge is 2.32. The number of nitrogens with zero attached hydrogens (tertiary/aromatic N) is 3. The van der Waals surface area contributed by atoms with Gasteiger partial charge in [-0.3, -0.25) is 0 Å². The number of ether oxygens (including phenoxy) is 1. The maximum absolute atomic E-state index is 11.2. The highest BCUT2D eigenvalue weighted by Crippen LogP contribution is 2.35. The Balaban J connectivity index is 2.32. The first-order valence-corrected chi connectivity index (χ1v) is 8.84. The molecule has 1 unspecified atom stereocenters. The van der Waals surface area contributed by atoms with E-state index in [1.165, 1.54) is 0 Å². The molecule has 0 bridgehead atoms. The normalized spacial score (nSPS) is 14.2. The van der Waals surface area contributed by atoms with Crippen molar-refractivity contribution in [3.63, 3.8) is 0 Å². The first-order chi connectivity index (χ1) is 12.4. The highest BCUT2D eigenvalue weighted by atomic mass is 16.5. The standard InChI is InChI=1S/C21H25N3O2/c1-5-26-19(15-11-7-6-8-12-15)18(20(25)21(2,3)4)24-17-14-10-9-13-16(17)22-23-24/h6-14,20,25H,5H2,1-4H3/b19-18-. The molecule has 1 atom stereocenters. The summed E-state index contributed by atoms with van der Waals surface area (Å²) in [6.45, 7) is 8.39. The third-order valence-corrected chi connectivity index (χ3v) is 4.22. The van der Waals surface area contributed by atoms with Gasteiger partial charge in [0.05, 0.1) is 12.1 Å². The van der Waals surface area contributed by atoms with E-state index in [2.05, 4.69) is 10.3 Å². The molecule has 0 fully saturated rings. The Morgan fingerprint density at radius 1 is 1.08 bits per heavy atom. The zero-order valence-corrected chi connectivity index (χ0v) is 15.7. The monoisotopic (exact) mass is 351 g/mol. The van der Waals surface area contributed by atoms with Gasteiger partial charge in [-0.1, -0.05) is 68.4 Å². The summed E-state index contributed by atoms with van der Waals surface area (Å²) in [5.74, 6) is 0.617. The van der Waals surface area contributed by atoms with Gasteiger partial charge in [0.2, 0.25) is 0 Å². The summed E-state index contributed by atoms with van der Waals surface area (Å²) in [5, 5.41) is 19.8. The van der Waals surface area contributed by atoms with Crippen LogP contribution in [0.1, 0.15) is 33.3 Å². The molecule has 0 saturated heterocycles. The molecular formula is C21H25N3O2. The van der Waals surface area contributed by atoms with Gasteiger partial charge in [0.1, 0.15) is 17.3 Å². The summed E-state index contributed by atoms with van der Waals surface area (Å²) >= 11 is 0. The van der Waals surface area contributed by atoms with Crippen molar-refractivity contribution >= 4 is 22.5 Å². The molecule has 0 saturated carbocycles. The van der Waals surface area contributed by atoms with E-state index in [9.17, 15) is 5.11 Å². The first kappa shape index (κ1) is 18.1. The lowest BCUT2D eigenvalue weighted by Crippen LogP contribution is -2.31. The summed E-state index contributed by atoms with van der Waals surface area (Å²) < 4.78 is 7.71. The number of aliphatic hydroxyl groups excluding tert-OH is 1. The Hall–Kier alpha value is -2.66. The van der Waals surface area contributed by atoms with Gasteiger partial charge in [-0.15, -0.1) is 5.10 Å². The Labute approximate surface area is 153 Å². The molecule has 0 aliphatic rings. The minimum atomic E-state index is -0.797. The van der Waals surface area contributed by atoms with Crippen LogP contribution < -0.4 is 0 Å². The van der Waals surface area contributed by atoms with Crippen molar-refractivity contribution in [2.24, 2.45) is 5.41 Å². The van der Waals surface area contributed by atoms with Crippen molar-refractivity contribution in [2.45, 2.75) is 33.8 Å². The molecule has 0 amide bonds. The van der Waals surface area contributed by atoms with Gasteiger partial charge in [0, 0.05) is 5.56 Å². The number of fused-ring (bicyclic) bond motifs is 1. The average molecular weight is 351 g/mol. The molecule has 0 aliphatic heterocycles. The Bertz CT molecular complexity index is 908. The zero-order chi connectivity index (χ0) is 18.7. The lowest BCUT2D eigenvalue weighted by atomic mass is 9.86. The van der Waals surface area contributed by atoms with Crippen LogP contribution in [0.15, 0.2) is 54.6 Å². The molecule has 2 aromatic carbocycles. The minimum Gasteiger partial charge on any atom is -0.491 e. The van der Waals surface area contributed by atoms with Crippen molar-refractivity contribution in [1.82, 2.24) is 15.0 Å². The van der Waals surface area contributed by atoms with Gasteiger partial charge in [-0.05, 0) is 24.5 Å². The molecule has 1 heterocycles. The molecular weight excluding hydrogens is 326 g/mol. The van der Waals surface area contributed by atoms with Crippen LogP contribution in [0.5, 0.6) is 0 Å². The molecule has 0 spiro atoms. The van der Waals surface area contributed by atoms with E-state index in [1.54, 1.807) is 4.68 Å². The summed E-state index contributed by atoms with van der Waals surface area (Å²) in [4.78, 5) is 0. The number of aromatic nitrogens is 3. The van der Waals surface area contributed by atoms with Crippen LogP contribution in [0.3, 0.4) is 0 Å². The quantitative estimate of drug-likeness (QED) is 0.700. The van der Waals surface area contributed by atoms with Crippen molar-refractivity contribution in [2.75, 3.05) is 6.61 Å². The van der Waals surface area contributed by atoms with Gasteiger partial charge in [-0.2, -0.15) is 0 Å². The van der Waals surface area contributed by atoms with Gasteiger partial charge in [0.25, 0.3) is 0 Å². The van der Waals surface area contributed by atoms with Crippen molar-refractivity contribution in [1.29, 1.82) is 0 Å². The van der Waals surface area contributed by atoms with E-state index < -0.39 is 11.5 Å². The fourth-order valence-corrected chi connectivity index (χ4v) is 2.83. The molecule has 5 nitrogen and oxygen atoms in total. The fraction of sp³-hybridized carbons (Fsp3) is 0.333. The topological polar surface area (TPSA) is 60.2 Å². The van der Waals surface area contributed by atoms with Gasteiger partial charge >= 0.3 is 0 Å². The number of hydrogen-bond acceptors (Lipinski definition) is 4. The molecule has 136 valence electrons. The molecule has 1 N–H and O–H groups in total. The van der Waals surface area contributed by atoms with E-state index in [4.69, 9.17) is 4.74 Å². The summed E-state index contributed by atoms with van der Waals surface area (Å²) in [6, 6.07) is 17.5. The smallest absolute Gasteiger partial charge is 0.150 e. The SMILES string of the molecule is CCO/C(=C(/C(O)C(C)(C)C)n1nnc2ccccc21)c1ccccc1. The van der Waals surface area contributed by atoms with Crippen LogP contribution in [0.25, 0.3) is 22.5 Å². The minimum absolute atomic E-state index is 0.403. The zero-order valence-electron chi connectivity index (χ0n) is 15.7. The van der Waals surface area contributed by atoms with Gasteiger partial charge < -0.3 is 9.84 Å². The lowest BCUT2D eigenvalue weighted by Gasteiger charge is -2.30. The Morgan fingerprint density at radius 2 is 1.73 bits per heavy atom. The van der Waals surface area contributed by atoms with Crippen LogP contribution >= 0.6 is 0 Å². The Kier molecular flexibility index (Phi) is 5.09. The average Bonchev–Trinajstić information content (AvgIpc) is 3.05. The molecule has 1 aromatic heterocycles. The molecule has 3 aromatic rings. The van der Waals surface area contributed by atoms with Gasteiger partial charge in [0.15, 0.2) is 5.76 Å². The van der Waals surface area contributed by atoms with E-state index in [0.29, 0.717) is 18.1 Å². The first-order valence-electron chi connectivity index (χ1n) is 8.84. The van der Waals surface area contributed by atoms with Crippen molar-refractivity contribution in [3.8, 4) is 0 Å². The second-order valence-corrected chi connectivity index (χ2v) is 7.27. The van der Waals surface area contributed by atoms with Crippen LogP contribution in [0.4, 0.5) is 0 Å². The Morgan fingerprint density at radius 3 is 2.38 bits per heavy atom. The predicted molar refractivity (Wildman–Crippen MR) is 104 cm³/mol. The van der Waals surface area contributed by atoms with E-state index in [0.717, 1.165) is 16.6 Å². The number of hydrogen-bond donors (Lipinski definition) is 1. The van der Waals surface area contributed by atoms with Crippen LogP contribution in [-0.4, -0.2) is 32.8 Å². The third kappa shape index (κ3) is 3.48. The van der Waals surface area contributed by atoms with E-state index >= 15 is 0 Å². The fourth-order valence-electron chi connectivity index (χ4n) is 2.83. The largest absolute Gasteiger partial charge is 0.491 e. The van der Waals surface area contributed by atoms with E-state index in [-0.39, 0.29) is 0 Å². The maximum atomic E-state index is 11.2. The molecule has 0 aliphatic carbocycles. The second kappa shape index (κ2) is 7.30.